The lowest BCUT2D eigenvalue weighted by Gasteiger charge is -2.19. The van der Waals surface area contributed by atoms with Gasteiger partial charge in [0.1, 0.15) is 0 Å². The molecule has 0 radical (unpaired) electrons. The van der Waals surface area contributed by atoms with Crippen molar-refractivity contribution < 1.29 is 9.90 Å². The molecule has 1 fully saturated rings. The van der Waals surface area contributed by atoms with E-state index in [0.29, 0.717) is 17.6 Å². The first kappa shape index (κ1) is 11.7. The molecule has 0 bridgehead atoms. The van der Waals surface area contributed by atoms with Gasteiger partial charge in [-0.25, -0.2) is 4.79 Å². The predicted molar refractivity (Wildman–Crippen MR) is 69.9 cm³/mol. The quantitative estimate of drug-likeness (QED) is 0.860. The minimum atomic E-state index is -0.829. The third-order valence-corrected chi connectivity index (χ3v) is 4.26. The highest BCUT2D eigenvalue weighted by molar-refractivity contribution is 5.88. The molecule has 0 aromatic heterocycles. The van der Waals surface area contributed by atoms with Crippen molar-refractivity contribution in [3.63, 3.8) is 0 Å². The summed E-state index contributed by atoms with van der Waals surface area (Å²) in [6, 6.07) is 6.56. The van der Waals surface area contributed by atoms with Crippen LogP contribution in [0.2, 0.25) is 0 Å². The number of carboxylic acid groups (broad SMARTS) is 1. The molecule has 1 aromatic rings. The third-order valence-electron chi connectivity index (χ3n) is 4.26. The first-order valence-corrected chi connectivity index (χ1v) is 6.86. The Morgan fingerprint density at radius 1 is 1.22 bits per heavy atom. The van der Waals surface area contributed by atoms with Gasteiger partial charge in [-0.2, -0.15) is 0 Å². The van der Waals surface area contributed by atoms with Crippen LogP contribution in [0.25, 0.3) is 0 Å². The first-order chi connectivity index (χ1) is 8.74. The molecule has 18 heavy (non-hydrogen) atoms. The summed E-state index contributed by atoms with van der Waals surface area (Å²) in [7, 11) is 0. The number of carboxylic acids is 1. The van der Waals surface area contributed by atoms with Gasteiger partial charge in [-0.3, -0.25) is 0 Å². The van der Waals surface area contributed by atoms with Crippen molar-refractivity contribution in [2.24, 2.45) is 0 Å². The minimum Gasteiger partial charge on any atom is -0.478 e. The van der Waals surface area contributed by atoms with Crippen LogP contribution in [-0.2, 0) is 6.42 Å². The zero-order valence-electron chi connectivity index (χ0n) is 10.5. The fourth-order valence-corrected chi connectivity index (χ4v) is 3.29. The van der Waals surface area contributed by atoms with Crippen LogP contribution in [0.3, 0.4) is 0 Å². The van der Waals surface area contributed by atoms with Crippen molar-refractivity contribution in [3.05, 3.63) is 34.9 Å². The summed E-state index contributed by atoms with van der Waals surface area (Å²) in [6.45, 7) is 0. The average Bonchev–Trinajstić information content (AvgIpc) is 2.99. The van der Waals surface area contributed by atoms with E-state index >= 15 is 0 Å². The SMILES string of the molecule is O=C(O)c1ccc2c(c1)C(NC1CCCC1)CC2. The van der Waals surface area contributed by atoms with Crippen LogP contribution in [0.4, 0.5) is 0 Å². The van der Waals surface area contributed by atoms with E-state index < -0.39 is 5.97 Å². The number of hydrogen-bond acceptors (Lipinski definition) is 2. The Hall–Kier alpha value is -1.35. The Morgan fingerprint density at radius 3 is 2.72 bits per heavy atom. The second-order valence-electron chi connectivity index (χ2n) is 5.46. The fraction of sp³-hybridized carbons (Fsp3) is 0.533. The Kier molecular flexibility index (Phi) is 3.08. The number of carbonyl (C=O) groups is 1. The molecule has 0 heterocycles. The van der Waals surface area contributed by atoms with Crippen LogP contribution in [0, 0.1) is 0 Å². The maximum Gasteiger partial charge on any atom is 0.335 e. The lowest BCUT2D eigenvalue weighted by molar-refractivity contribution is 0.0696. The zero-order chi connectivity index (χ0) is 12.5. The molecular weight excluding hydrogens is 226 g/mol. The average molecular weight is 245 g/mol. The summed E-state index contributed by atoms with van der Waals surface area (Å²) in [5, 5.41) is 12.8. The number of hydrogen-bond donors (Lipinski definition) is 2. The van der Waals surface area contributed by atoms with Crippen LogP contribution >= 0.6 is 0 Å². The topological polar surface area (TPSA) is 49.3 Å². The number of rotatable bonds is 3. The van der Waals surface area contributed by atoms with Gasteiger partial charge in [0.2, 0.25) is 0 Å². The second-order valence-corrected chi connectivity index (χ2v) is 5.46. The maximum atomic E-state index is 11.0. The molecule has 0 amide bonds. The molecule has 0 saturated heterocycles. The second kappa shape index (κ2) is 4.73. The number of benzene rings is 1. The number of fused-ring (bicyclic) bond motifs is 1. The summed E-state index contributed by atoms with van der Waals surface area (Å²) >= 11 is 0. The van der Waals surface area contributed by atoms with E-state index in [4.69, 9.17) is 5.11 Å². The Balaban J connectivity index is 1.80. The Bertz CT molecular complexity index is 464. The lowest BCUT2D eigenvalue weighted by atomic mass is 10.0. The van der Waals surface area contributed by atoms with Crippen LogP contribution in [-0.4, -0.2) is 17.1 Å². The monoisotopic (exact) mass is 245 g/mol. The normalized spacial score (nSPS) is 23.2. The van der Waals surface area contributed by atoms with Crippen LogP contribution in [0.1, 0.15) is 59.6 Å². The highest BCUT2D eigenvalue weighted by Gasteiger charge is 2.26. The molecule has 0 aliphatic heterocycles. The molecule has 3 heteroatoms. The van der Waals surface area contributed by atoms with Crippen molar-refractivity contribution >= 4 is 5.97 Å². The highest BCUT2D eigenvalue weighted by Crippen LogP contribution is 2.33. The van der Waals surface area contributed by atoms with E-state index in [0.717, 1.165) is 12.8 Å². The summed E-state index contributed by atoms with van der Waals surface area (Å²) < 4.78 is 0. The van der Waals surface area contributed by atoms with Crippen molar-refractivity contribution in [2.75, 3.05) is 0 Å². The largest absolute Gasteiger partial charge is 0.478 e. The maximum absolute atomic E-state index is 11.0. The molecule has 1 aromatic carbocycles. The predicted octanol–water partition coefficient (Wildman–Crippen LogP) is 2.90. The Morgan fingerprint density at radius 2 is 2.00 bits per heavy atom. The molecule has 2 aliphatic carbocycles. The minimum absolute atomic E-state index is 0.363. The van der Waals surface area contributed by atoms with E-state index in [-0.39, 0.29) is 0 Å². The van der Waals surface area contributed by atoms with Gasteiger partial charge in [0.05, 0.1) is 5.56 Å². The van der Waals surface area contributed by atoms with Crippen molar-refractivity contribution in [1.29, 1.82) is 0 Å². The van der Waals surface area contributed by atoms with Gasteiger partial charge >= 0.3 is 5.97 Å². The van der Waals surface area contributed by atoms with Gasteiger partial charge in [0, 0.05) is 12.1 Å². The van der Waals surface area contributed by atoms with Crippen molar-refractivity contribution in [3.8, 4) is 0 Å². The smallest absolute Gasteiger partial charge is 0.335 e. The zero-order valence-corrected chi connectivity index (χ0v) is 10.5. The first-order valence-electron chi connectivity index (χ1n) is 6.86. The molecule has 3 nitrogen and oxygen atoms in total. The van der Waals surface area contributed by atoms with Crippen LogP contribution in [0.15, 0.2) is 18.2 Å². The van der Waals surface area contributed by atoms with E-state index in [1.54, 1.807) is 6.07 Å². The van der Waals surface area contributed by atoms with Gasteiger partial charge in [0.15, 0.2) is 0 Å². The molecular formula is C15H19NO2. The molecule has 3 rings (SSSR count). The van der Waals surface area contributed by atoms with Gasteiger partial charge in [0.25, 0.3) is 0 Å². The number of nitrogens with one attached hydrogen (secondary N) is 1. The van der Waals surface area contributed by atoms with E-state index in [1.807, 2.05) is 12.1 Å². The van der Waals surface area contributed by atoms with Gasteiger partial charge in [-0.05, 0) is 48.9 Å². The van der Waals surface area contributed by atoms with Gasteiger partial charge < -0.3 is 10.4 Å². The molecule has 1 atom stereocenters. The molecule has 1 saturated carbocycles. The highest BCUT2D eigenvalue weighted by atomic mass is 16.4. The standard InChI is InChI=1S/C15H19NO2/c17-15(18)11-6-5-10-7-8-14(13(10)9-11)16-12-3-1-2-4-12/h5-6,9,12,14,16H,1-4,7-8H2,(H,17,18). The summed E-state index contributed by atoms with van der Waals surface area (Å²) in [6.07, 6.45) is 7.36. The van der Waals surface area contributed by atoms with Gasteiger partial charge in [-0.1, -0.05) is 18.9 Å². The summed E-state index contributed by atoms with van der Waals surface area (Å²) in [5.41, 5.74) is 2.94. The number of aryl methyl sites for hydroxylation is 1. The van der Waals surface area contributed by atoms with E-state index in [9.17, 15) is 4.79 Å². The lowest BCUT2D eigenvalue weighted by Crippen LogP contribution is -2.29. The van der Waals surface area contributed by atoms with E-state index in [2.05, 4.69) is 5.32 Å². The molecule has 0 spiro atoms. The van der Waals surface area contributed by atoms with Crippen molar-refractivity contribution in [2.45, 2.75) is 50.6 Å². The number of aromatic carboxylic acids is 1. The summed E-state index contributed by atoms with van der Waals surface area (Å²) in [5.74, 6) is -0.829. The third kappa shape index (κ3) is 2.15. The molecule has 1 unspecified atom stereocenters. The van der Waals surface area contributed by atoms with Crippen molar-refractivity contribution in [1.82, 2.24) is 5.32 Å². The summed E-state index contributed by atoms with van der Waals surface area (Å²) in [4.78, 5) is 11.0. The van der Waals surface area contributed by atoms with E-state index in [1.165, 1.54) is 36.8 Å². The van der Waals surface area contributed by atoms with Crippen LogP contribution < -0.4 is 5.32 Å². The molecule has 2 aliphatic rings. The van der Waals surface area contributed by atoms with Crippen LogP contribution in [0.5, 0.6) is 0 Å². The molecule has 96 valence electrons. The Labute approximate surface area is 107 Å². The molecule has 2 N–H and O–H groups in total. The fourth-order valence-electron chi connectivity index (χ4n) is 3.29. The van der Waals surface area contributed by atoms with Gasteiger partial charge in [-0.15, -0.1) is 0 Å².